The maximum absolute atomic E-state index is 12.7. The summed E-state index contributed by atoms with van der Waals surface area (Å²) in [4.78, 5) is 23.7. The molecule has 0 fully saturated rings. The quantitative estimate of drug-likeness (QED) is 0.255. The highest BCUT2D eigenvalue weighted by atomic mass is 79.9. The number of halogens is 2. The van der Waals surface area contributed by atoms with Gasteiger partial charge in [-0.3, -0.25) is 4.79 Å². The molecule has 3 aromatic rings. The van der Waals surface area contributed by atoms with Crippen LogP contribution >= 0.6 is 31.9 Å². The van der Waals surface area contributed by atoms with E-state index < -0.39 is 11.9 Å². The molecular formula is C25H18Br2N2O4. The van der Waals surface area contributed by atoms with Crippen molar-refractivity contribution in [2.75, 3.05) is 5.32 Å². The van der Waals surface area contributed by atoms with Crippen molar-refractivity contribution in [3.05, 3.63) is 97.4 Å². The Bertz CT molecular complexity index is 1280. The molecule has 0 radical (unpaired) electrons. The van der Waals surface area contributed by atoms with Crippen LogP contribution in [0, 0.1) is 18.3 Å². The summed E-state index contributed by atoms with van der Waals surface area (Å²) in [5.74, 6) is -1.09. The van der Waals surface area contributed by atoms with E-state index in [0.717, 1.165) is 15.6 Å². The SMILES string of the molecule is Cc1cccc(NC(=O)/C(C#N)=C/c2cc(Br)cc(Br)c2OCc2ccc(C(=O)O)cc2)c1. The average Bonchev–Trinajstić information content (AvgIpc) is 2.77. The molecule has 3 aromatic carbocycles. The minimum Gasteiger partial charge on any atom is -0.487 e. The summed E-state index contributed by atoms with van der Waals surface area (Å²) in [7, 11) is 0. The molecule has 33 heavy (non-hydrogen) atoms. The Morgan fingerprint density at radius 3 is 2.48 bits per heavy atom. The molecule has 1 amide bonds. The van der Waals surface area contributed by atoms with Gasteiger partial charge in [0.1, 0.15) is 24.0 Å². The Morgan fingerprint density at radius 1 is 1.12 bits per heavy atom. The summed E-state index contributed by atoms with van der Waals surface area (Å²) in [6.07, 6.45) is 1.46. The maximum atomic E-state index is 12.7. The van der Waals surface area contributed by atoms with Crippen molar-refractivity contribution < 1.29 is 19.4 Å². The summed E-state index contributed by atoms with van der Waals surface area (Å²) < 4.78 is 7.33. The highest BCUT2D eigenvalue weighted by Gasteiger charge is 2.15. The van der Waals surface area contributed by atoms with Gasteiger partial charge in [0, 0.05) is 15.7 Å². The number of carboxylic acids is 1. The molecule has 0 aliphatic heterocycles. The second-order valence-corrected chi connectivity index (χ2v) is 8.86. The fourth-order valence-corrected chi connectivity index (χ4v) is 4.34. The number of nitrogens with zero attached hydrogens (tertiary/aromatic N) is 1. The molecule has 3 rings (SSSR count). The molecule has 0 aromatic heterocycles. The number of aromatic carboxylic acids is 1. The van der Waals surface area contributed by atoms with Crippen LogP contribution in [0.2, 0.25) is 0 Å². The monoisotopic (exact) mass is 568 g/mol. The van der Waals surface area contributed by atoms with E-state index in [1.54, 1.807) is 30.3 Å². The van der Waals surface area contributed by atoms with E-state index >= 15 is 0 Å². The van der Waals surface area contributed by atoms with E-state index in [9.17, 15) is 14.9 Å². The van der Waals surface area contributed by atoms with Gasteiger partial charge in [-0.05, 0) is 76.5 Å². The predicted octanol–water partition coefficient (Wildman–Crippen LogP) is 6.34. The average molecular weight is 570 g/mol. The lowest BCUT2D eigenvalue weighted by Gasteiger charge is -2.13. The molecule has 0 bridgehead atoms. The fourth-order valence-electron chi connectivity index (χ4n) is 2.96. The predicted molar refractivity (Wildman–Crippen MR) is 133 cm³/mol. The second-order valence-electron chi connectivity index (χ2n) is 7.09. The van der Waals surface area contributed by atoms with Crippen molar-refractivity contribution in [1.29, 1.82) is 5.26 Å². The summed E-state index contributed by atoms with van der Waals surface area (Å²) in [5.41, 5.74) is 2.97. The van der Waals surface area contributed by atoms with Crippen LogP contribution in [-0.4, -0.2) is 17.0 Å². The lowest BCUT2D eigenvalue weighted by molar-refractivity contribution is -0.112. The number of carboxylic acid groups (broad SMARTS) is 1. The van der Waals surface area contributed by atoms with Crippen molar-refractivity contribution in [2.24, 2.45) is 0 Å². The molecule has 0 aliphatic carbocycles. The van der Waals surface area contributed by atoms with Crippen LogP contribution in [-0.2, 0) is 11.4 Å². The van der Waals surface area contributed by atoms with E-state index in [2.05, 4.69) is 37.2 Å². The number of carbonyl (C=O) groups excluding carboxylic acids is 1. The van der Waals surface area contributed by atoms with Gasteiger partial charge in [-0.1, -0.05) is 40.2 Å². The van der Waals surface area contributed by atoms with E-state index in [4.69, 9.17) is 9.84 Å². The van der Waals surface area contributed by atoms with E-state index in [1.807, 2.05) is 31.2 Å². The van der Waals surface area contributed by atoms with Gasteiger partial charge in [-0.15, -0.1) is 0 Å². The highest BCUT2D eigenvalue weighted by molar-refractivity contribution is 9.11. The number of aryl methyl sites for hydroxylation is 1. The number of amides is 1. The third-order valence-electron chi connectivity index (χ3n) is 4.56. The number of ether oxygens (including phenoxy) is 1. The van der Waals surface area contributed by atoms with Gasteiger partial charge in [0.15, 0.2) is 0 Å². The van der Waals surface area contributed by atoms with Crippen molar-refractivity contribution in [3.63, 3.8) is 0 Å². The van der Waals surface area contributed by atoms with Gasteiger partial charge >= 0.3 is 5.97 Å². The summed E-state index contributed by atoms with van der Waals surface area (Å²) in [5, 5.41) is 21.4. The van der Waals surface area contributed by atoms with Gasteiger partial charge in [-0.2, -0.15) is 5.26 Å². The zero-order valence-corrected chi connectivity index (χ0v) is 20.6. The van der Waals surface area contributed by atoms with E-state index in [0.29, 0.717) is 21.5 Å². The third kappa shape index (κ3) is 6.54. The molecular weight excluding hydrogens is 552 g/mol. The van der Waals surface area contributed by atoms with Crippen molar-refractivity contribution in [1.82, 2.24) is 0 Å². The van der Waals surface area contributed by atoms with Crippen LogP contribution in [0.5, 0.6) is 5.75 Å². The lowest BCUT2D eigenvalue weighted by Crippen LogP contribution is -2.13. The van der Waals surface area contributed by atoms with Gasteiger partial charge in [0.05, 0.1) is 10.0 Å². The van der Waals surface area contributed by atoms with Crippen molar-refractivity contribution in [3.8, 4) is 11.8 Å². The topological polar surface area (TPSA) is 99.4 Å². The number of nitrogens with one attached hydrogen (secondary N) is 1. The minimum atomic E-state index is -1.00. The third-order valence-corrected chi connectivity index (χ3v) is 5.61. The first-order chi connectivity index (χ1) is 15.8. The highest BCUT2D eigenvalue weighted by Crippen LogP contribution is 2.35. The molecule has 6 nitrogen and oxygen atoms in total. The molecule has 0 aliphatic rings. The number of hydrogen-bond donors (Lipinski definition) is 2. The smallest absolute Gasteiger partial charge is 0.335 e. The maximum Gasteiger partial charge on any atom is 0.335 e. The van der Waals surface area contributed by atoms with Crippen LogP contribution in [0.15, 0.2) is 75.2 Å². The van der Waals surface area contributed by atoms with Gasteiger partial charge in [0.2, 0.25) is 0 Å². The Labute approximate surface area is 207 Å². The van der Waals surface area contributed by atoms with Crippen LogP contribution < -0.4 is 10.1 Å². The summed E-state index contributed by atoms with van der Waals surface area (Å²) in [6, 6.07) is 19.1. The van der Waals surface area contributed by atoms with Crippen molar-refractivity contribution >= 4 is 55.5 Å². The molecule has 0 atom stereocenters. The van der Waals surface area contributed by atoms with Crippen LogP contribution in [0.25, 0.3) is 6.08 Å². The molecule has 8 heteroatoms. The first kappa shape index (κ1) is 24.2. The van der Waals surface area contributed by atoms with Crippen molar-refractivity contribution in [2.45, 2.75) is 13.5 Å². The number of benzene rings is 3. The van der Waals surface area contributed by atoms with Gasteiger partial charge in [-0.25, -0.2) is 4.79 Å². The number of anilines is 1. The largest absolute Gasteiger partial charge is 0.487 e. The normalized spacial score (nSPS) is 10.9. The van der Waals surface area contributed by atoms with Gasteiger partial charge in [0.25, 0.3) is 5.91 Å². The van der Waals surface area contributed by atoms with Gasteiger partial charge < -0.3 is 15.2 Å². The molecule has 0 saturated heterocycles. The molecule has 0 spiro atoms. The van der Waals surface area contributed by atoms with Crippen LogP contribution in [0.1, 0.15) is 27.0 Å². The first-order valence-electron chi connectivity index (χ1n) is 9.70. The minimum absolute atomic E-state index is 0.0860. The molecule has 0 saturated carbocycles. The Balaban J connectivity index is 1.86. The first-order valence-corrected chi connectivity index (χ1v) is 11.3. The fraction of sp³-hybridized carbons (Fsp3) is 0.0800. The summed E-state index contributed by atoms with van der Waals surface area (Å²) in [6.45, 7) is 2.08. The zero-order valence-electron chi connectivity index (χ0n) is 17.4. The van der Waals surface area contributed by atoms with E-state index in [-0.39, 0.29) is 17.7 Å². The Kier molecular flexibility index (Phi) is 8.04. The summed E-state index contributed by atoms with van der Waals surface area (Å²) >= 11 is 6.89. The Morgan fingerprint density at radius 2 is 1.85 bits per heavy atom. The molecule has 166 valence electrons. The zero-order chi connectivity index (χ0) is 24.0. The van der Waals surface area contributed by atoms with E-state index in [1.165, 1.54) is 18.2 Å². The molecule has 0 heterocycles. The van der Waals surface area contributed by atoms with Crippen LogP contribution in [0.3, 0.4) is 0 Å². The molecule has 0 unspecified atom stereocenters. The van der Waals surface area contributed by atoms with Crippen LogP contribution in [0.4, 0.5) is 5.69 Å². The molecule has 2 N–H and O–H groups in total. The number of hydrogen-bond acceptors (Lipinski definition) is 4. The number of carbonyl (C=O) groups is 2. The second kappa shape index (κ2) is 10.9. The number of rotatable bonds is 7. The standard InChI is InChI=1S/C25H18Br2N2O4/c1-15-3-2-4-21(9-15)29-24(30)19(13-28)10-18-11-20(26)12-22(27)23(18)33-14-16-5-7-17(8-6-16)25(31)32/h2-12H,14H2,1H3,(H,29,30)(H,31,32)/b19-10+. The lowest BCUT2D eigenvalue weighted by atomic mass is 10.1. The Hall–Kier alpha value is -3.41. The number of nitriles is 1.